The molecule has 67 heavy (non-hydrogen) atoms. The number of nitrogens with two attached hydrogens (primary N) is 2. The van der Waals surface area contributed by atoms with Gasteiger partial charge in [-0.1, -0.05) is 78.3 Å². The number of benzene rings is 1. The van der Waals surface area contributed by atoms with E-state index in [1.807, 2.05) is 27.8 Å². The van der Waals surface area contributed by atoms with Crippen LogP contribution in [0, 0.1) is 22.2 Å². The molecule has 1 saturated heterocycles. The van der Waals surface area contributed by atoms with Gasteiger partial charge < -0.3 is 46.7 Å². The van der Waals surface area contributed by atoms with E-state index in [1.165, 1.54) is 77.6 Å². The summed E-state index contributed by atoms with van der Waals surface area (Å²) in [6.07, 6.45) is 30.9. The van der Waals surface area contributed by atoms with Crippen LogP contribution >= 0.6 is 21.6 Å². The van der Waals surface area contributed by atoms with Gasteiger partial charge >= 0.3 is 5.97 Å². The summed E-state index contributed by atoms with van der Waals surface area (Å²) in [6, 6.07) is 2.03. The van der Waals surface area contributed by atoms with Gasteiger partial charge in [0, 0.05) is 79.6 Å². The van der Waals surface area contributed by atoms with Crippen molar-refractivity contribution in [3.63, 3.8) is 0 Å². The molecule has 4 aliphatic carbocycles. The van der Waals surface area contributed by atoms with Crippen LogP contribution in [-0.2, 0) is 27.3 Å². The number of phenolic OH excluding ortho intramolecular Hbond substituents is 1. The molecule has 368 valence electrons. The fourth-order valence-corrected chi connectivity index (χ4v) is 18.0. The molecule has 0 aromatic heterocycles. The molecule has 1 aromatic carbocycles. The Morgan fingerprint density at radius 1 is 0.970 bits per heavy atom. The average molecular weight is 959 g/mol. The van der Waals surface area contributed by atoms with Crippen molar-refractivity contribution in [1.82, 2.24) is 15.5 Å². The van der Waals surface area contributed by atoms with Crippen molar-refractivity contribution in [3.8, 4) is 11.5 Å². The molecule has 4 heterocycles. The number of allylic oxidation sites excluding steroid dienone is 2. The number of aliphatic hydroxyl groups is 1. The minimum absolute atomic E-state index is 0.0279. The van der Waals surface area contributed by atoms with Gasteiger partial charge in [-0.15, -0.1) is 0 Å². The molecule has 1 aromatic rings. The Hall–Kier alpha value is -3.49. The van der Waals surface area contributed by atoms with E-state index in [0.29, 0.717) is 93.1 Å². The molecular weight excluding hydrogens is 881 g/mol. The van der Waals surface area contributed by atoms with E-state index in [1.54, 1.807) is 0 Å². The zero-order chi connectivity index (χ0) is 46.7. The number of carbonyl (C=O) groups is 2. The van der Waals surface area contributed by atoms with Crippen molar-refractivity contribution in [2.75, 3.05) is 25.4 Å². The minimum Gasteiger partial charge on any atom is -0.504 e. The van der Waals surface area contributed by atoms with Gasteiger partial charge in [-0.25, -0.2) is 0 Å². The number of hydrogen-bond acceptors (Lipinski definition) is 13. The highest BCUT2D eigenvalue weighted by Crippen LogP contribution is 2.64. The first kappa shape index (κ1) is 48.5. The number of fused-ring (bicyclic) bond motifs is 8. The normalized spacial score (nSPS) is 32.7. The Bertz CT molecular complexity index is 2090. The lowest BCUT2D eigenvalue weighted by Gasteiger charge is -2.44. The smallest absolute Gasteiger partial charge is 0.302 e. The number of guanidine groups is 1. The van der Waals surface area contributed by atoms with Crippen LogP contribution in [0.2, 0.25) is 0 Å². The third kappa shape index (κ3) is 11.0. The first-order valence-electron chi connectivity index (χ1n) is 26.0. The van der Waals surface area contributed by atoms with E-state index < -0.39 is 17.6 Å². The first-order valence-corrected chi connectivity index (χ1v) is 28.3. The fraction of sp³-hybridized carbons (Fsp3) is 0.717. The average Bonchev–Trinajstić information content (AvgIpc) is 4.14. The second kappa shape index (κ2) is 20.8. The summed E-state index contributed by atoms with van der Waals surface area (Å²) in [5.74, 6) is 2.76. The van der Waals surface area contributed by atoms with Gasteiger partial charge in [0.05, 0.1) is 11.9 Å². The van der Waals surface area contributed by atoms with Crippen molar-refractivity contribution in [3.05, 3.63) is 52.4 Å². The number of aliphatic hydroxyl groups excluding tert-OH is 1. The molecule has 0 radical (unpaired) electrons. The summed E-state index contributed by atoms with van der Waals surface area (Å²) in [7, 11) is 4.11. The van der Waals surface area contributed by atoms with Gasteiger partial charge in [0.2, 0.25) is 5.91 Å². The number of phenols is 1. The quantitative estimate of drug-likeness (QED) is 0.125. The first-order chi connectivity index (χ1) is 32.4. The fourth-order valence-electron chi connectivity index (χ4n) is 13.7. The van der Waals surface area contributed by atoms with Crippen LogP contribution in [0.15, 0.2) is 40.7 Å². The summed E-state index contributed by atoms with van der Waals surface area (Å²) >= 11 is 0. The van der Waals surface area contributed by atoms with E-state index >= 15 is 0 Å². The van der Waals surface area contributed by atoms with Crippen molar-refractivity contribution in [1.29, 1.82) is 0 Å². The van der Waals surface area contributed by atoms with E-state index in [4.69, 9.17) is 25.9 Å². The number of esters is 1. The van der Waals surface area contributed by atoms with Gasteiger partial charge in [0.25, 0.3) is 0 Å². The summed E-state index contributed by atoms with van der Waals surface area (Å²) in [5, 5.41) is 30.7. The Morgan fingerprint density at radius 3 is 2.54 bits per heavy atom. The van der Waals surface area contributed by atoms with Crippen molar-refractivity contribution in [2.24, 2.45) is 38.6 Å². The highest BCUT2D eigenvalue weighted by Gasteiger charge is 2.57. The Morgan fingerprint density at radius 2 is 1.75 bits per heavy atom. The van der Waals surface area contributed by atoms with E-state index in [2.05, 4.69) is 39.7 Å². The summed E-state index contributed by atoms with van der Waals surface area (Å²) in [5.41, 5.74) is 16.9. The van der Waals surface area contributed by atoms with Gasteiger partial charge in [0.15, 0.2) is 17.5 Å². The third-order valence-corrected chi connectivity index (χ3v) is 20.7. The number of rotatable bonds is 3. The number of aliphatic imine (C=N–C) groups is 1. The molecule has 14 heteroatoms. The van der Waals surface area contributed by atoms with E-state index in [9.17, 15) is 19.8 Å². The maximum atomic E-state index is 14.4. The number of hydrogen-bond donors (Lipinski definition) is 6. The monoisotopic (exact) mass is 959 g/mol. The molecule has 12 nitrogen and oxygen atoms in total. The van der Waals surface area contributed by atoms with Crippen LogP contribution in [0.25, 0.3) is 6.08 Å². The van der Waals surface area contributed by atoms with Crippen LogP contribution in [0.5, 0.6) is 11.5 Å². The SMILES string of the molecule is CC(=O)O[C@@H]1CCc2cc(c(O)c3c2C=C[C@H]2CCC[C@H]2O3)CN2C[C@](CC3=CCNC(N)=C3)(CCN=C(N)N[C@]3(CCCC34CCCC4)SSCC3(CCCC[C@H](O)C1)CCCC3)CC2=O. The second-order valence-electron chi connectivity index (χ2n) is 22.0. The predicted molar refractivity (Wildman–Crippen MR) is 270 cm³/mol. The molecule has 4 bridgehead atoms. The van der Waals surface area contributed by atoms with Crippen LogP contribution in [0.1, 0.15) is 171 Å². The molecule has 8 aliphatic rings. The van der Waals surface area contributed by atoms with Crippen molar-refractivity contribution < 1.29 is 29.3 Å². The molecule has 8 N–H and O–H groups in total. The standard InChI is InChI=1S/C53H78N6O6S2/c1-36(60)64-42-15-13-39-29-40(47(63)48-43(39)16-14-38-10-8-12-44(38)65-48)33-59-34-51(32-46(59)62,31-37-17-26-56-45(54)28-37)25-27-57-49(55)58-53(24-9-23-52(53)21-6-7-22-52)67-66-35-50(19-4-5-20-50)18-3-2-11-41(61)30-42/h14,16-17,28-29,38,41-42,44,56,61,63H,2-13,15,18-27,30-35,54H2,1H3,(H3,55,57,58)/t38-,41+,42-,44-,51+,53-/m1/s1. The number of carbonyl (C=O) groups excluding carboxylic acids is 2. The number of aromatic hydroxyl groups is 1. The number of dihydropyridines is 1. The summed E-state index contributed by atoms with van der Waals surface area (Å²) < 4.78 is 12.7. The minimum atomic E-state index is -0.584. The number of nitrogens with zero attached hydrogens (tertiary/aromatic N) is 2. The molecular formula is C53H78N6O6S2. The third-order valence-electron chi connectivity index (χ3n) is 17.3. The molecule has 4 aliphatic heterocycles. The highest BCUT2D eigenvalue weighted by molar-refractivity contribution is 8.77. The molecule has 4 saturated carbocycles. The molecule has 3 spiro atoms. The largest absolute Gasteiger partial charge is 0.504 e. The van der Waals surface area contributed by atoms with Crippen molar-refractivity contribution in [2.45, 2.75) is 191 Å². The van der Waals surface area contributed by atoms with Crippen LogP contribution in [-0.4, -0.2) is 81.5 Å². The molecule has 0 unspecified atom stereocenters. The number of ether oxygens (including phenoxy) is 2. The van der Waals surface area contributed by atoms with Gasteiger partial charge in [0.1, 0.15) is 17.1 Å². The van der Waals surface area contributed by atoms with E-state index in [-0.39, 0.29) is 46.5 Å². The Balaban J connectivity index is 1.04. The number of aryl methyl sites for hydroxylation is 1. The molecule has 6 atom stereocenters. The highest BCUT2D eigenvalue weighted by atomic mass is 33.1. The zero-order valence-corrected chi connectivity index (χ0v) is 41.7. The molecule has 5 fully saturated rings. The van der Waals surface area contributed by atoms with E-state index in [0.717, 1.165) is 61.0 Å². The Kier molecular flexibility index (Phi) is 15.1. The topological polar surface area (TPSA) is 185 Å². The predicted octanol–water partition coefficient (Wildman–Crippen LogP) is 9.27. The number of amides is 1. The molecule has 1 amide bonds. The zero-order valence-electron chi connectivity index (χ0n) is 40.1. The van der Waals surface area contributed by atoms with Crippen LogP contribution < -0.4 is 26.8 Å². The van der Waals surface area contributed by atoms with Gasteiger partial charge in [-0.2, -0.15) is 0 Å². The van der Waals surface area contributed by atoms with Crippen LogP contribution in [0.4, 0.5) is 0 Å². The maximum Gasteiger partial charge on any atom is 0.302 e. The summed E-state index contributed by atoms with van der Waals surface area (Å²) in [4.78, 5) is 33.7. The Labute approximate surface area is 407 Å². The maximum absolute atomic E-state index is 14.4. The van der Waals surface area contributed by atoms with Crippen LogP contribution in [0.3, 0.4) is 0 Å². The van der Waals surface area contributed by atoms with Gasteiger partial charge in [-0.3, -0.25) is 14.6 Å². The lowest BCUT2D eigenvalue weighted by molar-refractivity contribution is -0.148. The number of nitrogens with one attached hydrogen (secondary N) is 2. The molecule has 9 rings (SSSR count). The van der Waals surface area contributed by atoms with Gasteiger partial charge in [-0.05, 0) is 131 Å². The lowest BCUT2D eigenvalue weighted by Crippen LogP contribution is -2.55. The van der Waals surface area contributed by atoms with Crippen molar-refractivity contribution >= 4 is 45.5 Å². The lowest BCUT2D eigenvalue weighted by atomic mass is 9.77. The second-order valence-corrected chi connectivity index (χ2v) is 24.6. The summed E-state index contributed by atoms with van der Waals surface area (Å²) in [6.45, 7) is 3.30.